The van der Waals surface area contributed by atoms with Crippen LogP contribution >= 0.6 is 0 Å². The molecular formula is C23H28FN3O2. The smallest absolute Gasteiger partial charge is 0.250 e. The lowest BCUT2D eigenvalue weighted by Crippen LogP contribution is -2.39. The third-order valence-electron chi connectivity index (χ3n) is 6.47. The highest BCUT2D eigenvalue weighted by atomic mass is 19.1. The quantitative estimate of drug-likeness (QED) is 0.823. The summed E-state index contributed by atoms with van der Waals surface area (Å²) in [5.41, 5.74) is 7.20. The molecule has 2 heterocycles. The number of carbonyl (C=O) groups excluding carboxylic acids is 2. The molecule has 2 N–H and O–H groups in total. The van der Waals surface area contributed by atoms with E-state index in [0.29, 0.717) is 41.0 Å². The molecule has 29 heavy (non-hydrogen) atoms. The van der Waals surface area contributed by atoms with Crippen LogP contribution in [-0.4, -0.2) is 34.8 Å². The number of hydrogen-bond donors (Lipinski definition) is 1. The molecule has 2 aliphatic rings. The van der Waals surface area contributed by atoms with Crippen LogP contribution in [0, 0.1) is 11.7 Å². The van der Waals surface area contributed by atoms with Gasteiger partial charge >= 0.3 is 0 Å². The monoisotopic (exact) mass is 397 g/mol. The van der Waals surface area contributed by atoms with Crippen LogP contribution in [0.15, 0.2) is 24.3 Å². The molecule has 1 aliphatic heterocycles. The van der Waals surface area contributed by atoms with E-state index in [1.165, 1.54) is 37.8 Å². The molecule has 2 amide bonds. The Bertz CT molecular complexity index is 924. The summed E-state index contributed by atoms with van der Waals surface area (Å²) < 4.78 is 13.6. The number of hydrogen-bond acceptors (Lipinski definition) is 3. The Hall–Kier alpha value is -2.50. The third kappa shape index (κ3) is 4.41. The van der Waals surface area contributed by atoms with Crippen molar-refractivity contribution in [1.82, 2.24) is 9.88 Å². The molecule has 0 spiro atoms. The first-order valence-corrected chi connectivity index (χ1v) is 10.7. The summed E-state index contributed by atoms with van der Waals surface area (Å²) in [6.07, 6.45) is 8.39. The van der Waals surface area contributed by atoms with E-state index in [1.807, 2.05) is 4.90 Å². The minimum absolute atomic E-state index is 0.0314. The molecule has 1 unspecified atom stereocenters. The van der Waals surface area contributed by atoms with Gasteiger partial charge in [0.1, 0.15) is 5.82 Å². The van der Waals surface area contributed by atoms with Crippen LogP contribution in [0.4, 0.5) is 4.39 Å². The van der Waals surface area contributed by atoms with Crippen molar-refractivity contribution in [3.63, 3.8) is 0 Å². The van der Waals surface area contributed by atoms with Crippen LogP contribution in [0.1, 0.15) is 73.3 Å². The van der Waals surface area contributed by atoms with Crippen LogP contribution < -0.4 is 5.73 Å². The molecular weight excluding hydrogens is 369 g/mol. The highest BCUT2D eigenvalue weighted by Crippen LogP contribution is 2.32. The second kappa shape index (κ2) is 8.47. The number of nitrogens with zero attached hydrogens (tertiary/aromatic N) is 2. The van der Waals surface area contributed by atoms with Gasteiger partial charge in [0.25, 0.3) is 5.91 Å². The van der Waals surface area contributed by atoms with Crippen LogP contribution in [-0.2, 0) is 4.79 Å². The van der Waals surface area contributed by atoms with Crippen molar-refractivity contribution in [3.8, 4) is 0 Å². The van der Waals surface area contributed by atoms with Crippen LogP contribution in [0.3, 0.4) is 0 Å². The number of primary amides is 1. The number of amides is 2. The van der Waals surface area contributed by atoms with E-state index in [2.05, 4.69) is 4.98 Å². The molecule has 1 aromatic carbocycles. The predicted molar refractivity (Wildman–Crippen MR) is 110 cm³/mol. The summed E-state index contributed by atoms with van der Waals surface area (Å²) >= 11 is 0. The summed E-state index contributed by atoms with van der Waals surface area (Å²) in [7, 11) is 0. The molecule has 154 valence electrons. The Balaban J connectivity index is 1.53. The van der Waals surface area contributed by atoms with Crippen LogP contribution in [0.2, 0.25) is 0 Å². The average Bonchev–Trinajstić information content (AvgIpc) is 3.24. The number of aromatic nitrogens is 1. The Morgan fingerprint density at radius 3 is 2.69 bits per heavy atom. The molecule has 2 aromatic rings. The van der Waals surface area contributed by atoms with Crippen molar-refractivity contribution in [2.24, 2.45) is 11.7 Å². The molecule has 1 saturated heterocycles. The van der Waals surface area contributed by atoms with E-state index in [0.717, 1.165) is 25.8 Å². The van der Waals surface area contributed by atoms with E-state index in [4.69, 9.17) is 5.73 Å². The number of carbonyl (C=O) groups is 2. The maximum Gasteiger partial charge on any atom is 0.250 e. The van der Waals surface area contributed by atoms with E-state index >= 15 is 0 Å². The van der Waals surface area contributed by atoms with Gasteiger partial charge in [0.2, 0.25) is 5.91 Å². The molecule has 1 aliphatic carbocycles. The van der Waals surface area contributed by atoms with Gasteiger partial charge in [-0.05, 0) is 49.4 Å². The zero-order valence-corrected chi connectivity index (χ0v) is 16.7. The highest BCUT2D eigenvalue weighted by Gasteiger charge is 2.29. The third-order valence-corrected chi connectivity index (χ3v) is 6.47. The summed E-state index contributed by atoms with van der Waals surface area (Å²) in [6.45, 7) is 1.31. The molecule has 1 aromatic heterocycles. The predicted octanol–water partition coefficient (Wildman–Crippen LogP) is 4.15. The standard InChI is InChI=1S/C23H28FN3O2/c24-18-8-9-20-17(12-18)13-19(23(25)29)22(26-20)16-6-3-11-27(14-16)21(28)10-7-15-4-1-2-5-15/h8-9,12-13,15-16H,1-7,10-11,14H2,(H2,25,29). The lowest BCUT2D eigenvalue weighted by molar-refractivity contribution is -0.132. The Morgan fingerprint density at radius 1 is 1.14 bits per heavy atom. The normalized spacial score (nSPS) is 20.3. The second-order valence-corrected chi connectivity index (χ2v) is 8.49. The van der Waals surface area contributed by atoms with Crippen molar-refractivity contribution in [2.45, 2.75) is 57.3 Å². The van der Waals surface area contributed by atoms with Gasteiger partial charge in [-0.15, -0.1) is 0 Å². The topological polar surface area (TPSA) is 76.3 Å². The number of pyridine rings is 1. The summed E-state index contributed by atoms with van der Waals surface area (Å²) in [6, 6.07) is 5.97. The van der Waals surface area contributed by atoms with Crippen molar-refractivity contribution in [2.75, 3.05) is 13.1 Å². The molecule has 0 radical (unpaired) electrons. The number of fused-ring (bicyclic) bond motifs is 1. The van der Waals surface area contributed by atoms with Gasteiger partial charge in [0, 0.05) is 30.8 Å². The fourth-order valence-corrected chi connectivity index (χ4v) is 4.88. The van der Waals surface area contributed by atoms with Gasteiger partial charge in [-0.25, -0.2) is 4.39 Å². The van der Waals surface area contributed by atoms with Crippen molar-refractivity contribution >= 4 is 22.7 Å². The zero-order valence-electron chi connectivity index (χ0n) is 16.7. The first-order chi connectivity index (χ1) is 14.0. The molecule has 5 nitrogen and oxygen atoms in total. The molecule has 6 heteroatoms. The van der Waals surface area contributed by atoms with Crippen molar-refractivity contribution in [1.29, 1.82) is 0 Å². The van der Waals surface area contributed by atoms with Gasteiger partial charge in [-0.2, -0.15) is 0 Å². The molecule has 1 saturated carbocycles. The van der Waals surface area contributed by atoms with Gasteiger partial charge in [-0.3, -0.25) is 14.6 Å². The molecule has 0 bridgehead atoms. The van der Waals surface area contributed by atoms with Crippen LogP contribution in [0.25, 0.3) is 10.9 Å². The Morgan fingerprint density at radius 2 is 1.93 bits per heavy atom. The lowest BCUT2D eigenvalue weighted by Gasteiger charge is -2.33. The van der Waals surface area contributed by atoms with Gasteiger partial charge in [-0.1, -0.05) is 25.7 Å². The fraction of sp³-hybridized carbons (Fsp3) is 0.522. The van der Waals surface area contributed by atoms with Crippen molar-refractivity contribution in [3.05, 3.63) is 41.3 Å². The first-order valence-electron chi connectivity index (χ1n) is 10.7. The maximum absolute atomic E-state index is 13.6. The van der Waals surface area contributed by atoms with Crippen LogP contribution in [0.5, 0.6) is 0 Å². The lowest BCUT2D eigenvalue weighted by atomic mass is 9.90. The Labute approximate surface area is 170 Å². The number of nitrogens with two attached hydrogens (primary N) is 1. The van der Waals surface area contributed by atoms with E-state index in [9.17, 15) is 14.0 Å². The van der Waals surface area contributed by atoms with Crippen molar-refractivity contribution < 1.29 is 14.0 Å². The van der Waals surface area contributed by atoms with Gasteiger partial charge < -0.3 is 10.6 Å². The molecule has 2 fully saturated rings. The number of likely N-dealkylation sites (tertiary alicyclic amines) is 1. The first kappa shape index (κ1) is 19.8. The minimum Gasteiger partial charge on any atom is -0.366 e. The summed E-state index contributed by atoms with van der Waals surface area (Å²) in [5, 5.41) is 0.558. The number of piperidine rings is 1. The Kier molecular flexibility index (Phi) is 5.79. The van der Waals surface area contributed by atoms with Gasteiger partial charge in [0.15, 0.2) is 0 Å². The SMILES string of the molecule is NC(=O)c1cc2cc(F)ccc2nc1C1CCCN(C(=O)CCC2CCCC2)C1. The average molecular weight is 397 g/mol. The minimum atomic E-state index is -0.566. The number of rotatable bonds is 5. The van der Waals surface area contributed by atoms with Gasteiger partial charge in [0.05, 0.1) is 16.8 Å². The largest absolute Gasteiger partial charge is 0.366 e. The van der Waals surface area contributed by atoms with E-state index in [-0.39, 0.29) is 17.6 Å². The zero-order chi connectivity index (χ0) is 20.4. The van der Waals surface area contributed by atoms with E-state index < -0.39 is 5.91 Å². The summed E-state index contributed by atoms with van der Waals surface area (Å²) in [4.78, 5) is 31.4. The second-order valence-electron chi connectivity index (χ2n) is 8.49. The number of halogens is 1. The molecule has 4 rings (SSSR count). The number of benzene rings is 1. The fourth-order valence-electron chi connectivity index (χ4n) is 4.88. The highest BCUT2D eigenvalue weighted by molar-refractivity contribution is 5.97. The maximum atomic E-state index is 13.6. The van der Waals surface area contributed by atoms with E-state index in [1.54, 1.807) is 12.1 Å². The molecule has 1 atom stereocenters. The summed E-state index contributed by atoms with van der Waals surface area (Å²) in [5.74, 6) is -0.0766.